The van der Waals surface area contributed by atoms with E-state index in [1.807, 2.05) is 30.3 Å². The summed E-state index contributed by atoms with van der Waals surface area (Å²) in [5, 5.41) is 3.57. The van der Waals surface area contributed by atoms with Crippen LogP contribution in [0.5, 0.6) is 5.75 Å². The molecule has 112 valence electrons. The Hall–Kier alpha value is -1.80. The van der Waals surface area contributed by atoms with Gasteiger partial charge in [-0.15, -0.1) is 0 Å². The summed E-state index contributed by atoms with van der Waals surface area (Å²) in [6.07, 6.45) is 3.40. The van der Waals surface area contributed by atoms with E-state index in [9.17, 15) is 0 Å². The second-order valence-corrected chi connectivity index (χ2v) is 5.18. The third kappa shape index (κ3) is 5.60. The smallest absolute Gasteiger partial charge is 0.119 e. The largest absolute Gasteiger partial charge is 0.494 e. The average Bonchev–Trinajstić information content (AvgIpc) is 2.55. The van der Waals surface area contributed by atoms with E-state index in [0.29, 0.717) is 6.04 Å². The topological polar surface area (TPSA) is 21.3 Å². The van der Waals surface area contributed by atoms with Crippen molar-refractivity contribution in [3.05, 3.63) is 66.2 Å². The van der Waals surface area contributed by atoms with Crippen LogP contribution in [0.4, 0.5) is 0 Å². The predicted molar refractivity (Wildman–Crippen MR) is 88.6 cm³/mol. The van der Waals surface area contributed by atoms with E-state index in [1.54, 1.807) is 0 Å². The Labute approximate surface area is 128 Å². The zero-order chi connectivity index (χ0) is 14.8. The lowest BCUT2D eigenvalue weighted by Gasteiger charge is -2.18. The molecule has 0 saturated heterocycles. The molecule has 0 heterocycles. The monoisotopic (exact) mass is 283 g/mol. The van der Waals surface area contributed by atoms with Gasteiger partial charge >= 0.3 is 0 Å². The first-order chi connectivity index (χ1) is 10.4. The van der Waals surface area contributed by atoms with Gasteiger partial charge in [-0.1, -0.05) is 55.5 Å². The van der Waals surface area contributed by atoms with Crippen LogP contribution in [0.15, 0.2) is 60.7 Å². The number of para-hydroxylation sites is 1. The molecule has 1 unspecified atom stereocenters. The highest BCUT2D eigenvalue weighted by molar-refractivity contribution is 5.21. The van der Waals surface area contributed by atoms with Gasteiger partial charge < -0.3 is 10.1 Å². The first-order valence-electron chi connectivity index (χ1n) is 7.86. The van der Waals surface area contributed by atoms with Gasteiger partial charge in [-0.25, -0.2) is 0 Å². The summed E-state index contributed by atoms with van der Waals surface area (Å²) in [5.74, 6) is 0.962. The zero-order valence-electron chi connectivity index (χ0n) is 12.8. The van der Waals surface area contributed by atoms with Gasteiger partial charge in [0.1, 0.15) is 5.75 Å². The number of rotatable bonds is 9. The lowest BCUT2D eigenvalue weighted by molar-refractivity contribution is 0.301. The molecule has 2 heteroatoms. The molecule has 2 rings (SSSR count). The number of hydrogen-bond donors (Lipinski definition) is 1. The second kappa shape index (κ2) is 9.19. The van der Waals surface area contributed by atoms with Crippen LogP contribution in [0.25, 0.3) is 0 Å². The Morgan fingerprint density at radius 2 is 1.57 bits per heavy atom. The maximum atomic E-state index is 5.73. The van der Waals surface area contributed by atoms with Crippen molar-refractivity contribution >= 4 is 0 Å². The molecular weight excluding hydrogens is 258 g/mol. The van der Waals surface area contributed by atoms with Gasteiger partial charge in [0.05, 0.1) is 6.61 Å². The number of benzene rings is 2. The number of nitrogens with one attached hydrogen (secondary N) is 1. The summed E-state index contributed by atoms with van der Waals surface area (Å²) in [6.45, 7) is 3.95. The van der Waals surface area contributed by atoms with Crippen molar-refractivity contribution in [2.24, 2.45) is 0 Å². The molecule has 0 aliphatic carbocycles. The molecule has 0 amide bonds. The Kier molecular flexibility index (Phi) is 6.82. The van der Waals surface area contributed by atoms with Crippen molar-refractivity contribution in [2.75, 3.05) is 13.2 Å². The summed E-state index contributed by atoms with van der Waals surface area (Å²) in [5.41, 5.74) is 1.38. The number of unbranched alkanes of at least 4 members (excludes halogenated alkanes) is 1. The van der Waals surface area contributed by atoms with Crippen LogP contribution in [0.1, 0.15) is 37.8 Å². The van der Waals surface area contributed by atoms with Gasteiger partial charge in [0.15, 0.2) is 0 Å². The SMILES string of the molecule is CCNC(CCCCOc1ccccc1)c1ccccc1. The summed E-state index contributed by atoms with van der Waals surface area (Å²) in [6, 6.07) is 21.2. The average molecular weight is 283 g/mol. The fraction of sp³-hybridized carbons (Fsp3) is 0.368. The van der Waals surface area contributed by atoms with Crippen LogP contribution < -0.4 is 10.1 Å². The molecule has 21 heavy (non-hydrogen) atoms. The standard InChI is InChI=1S/C19H25NO/c1-2-20-19(17-11-5-3-6-12-17)15-9-10-16-21-18-13-7-4-8-14-18/h3-8,11-14,19-20H,2,9-10,15-16H2,1H3. The lowest BCUT2D eigenvalue weighted by atomic mass is 10.0. The summed E-state index contributed by atoms with van der Waals surface area (Å²) < 4.78 is 5.73. The minimum Gasteiger partial charge on any atom is -0.494 e. The summed E-state index contributed by atoms with van der Waals surface area (Å²) in [7, 11) is 0. The Balaban J connectivity index is 1.70. The molecular formula is C19H25NO. The first-order valence-corrected chi connectivity index (χ1v) is 7.86. The molecule has 0 spiro atoms. The van der Waals surface area contributed by atoms with E-state index in [2.05, 4.69) is 42.6 Å². The van der Waals surface area contributed by atoms with Crippen molar-refractivity contribution in [3.63, 3.8) is 0 Å². The predicted octanol–water partition coefficient (Wildman–Crippen LogP) is 4.59. The quantitative estimate of drug-likeness (QED) is 0.680. The third-order valence-corrected chi connectivity index (χ3v) is 3.55. The van der Waals surface area contributed by atoms with Crippen LogP contribution in [0.3, 0.4) is 0 Å². The molecule has 0 fully saturated rings. The minimum absolute atomic E-state index is 0.452. The van der Waals surface area contributed by atoms with E-state index >= 15 is 0 Å². The first kappa shape index (κ1) is 15.6. The Morgan fingerprint density at radius 1 is 0.905 bits per heavy atom. The highest BCUT2D eigenvalue weighted by atomic mass is 16.5. The van der Waals surface area contributed by atoms with Gasteiger partial charge in [-0.05, 0) is 43.5 Å². The lowest BCUT2D eigenvalue weighted by Crippen LogP contribution is -2.20. The summed E-state index contributed by atoms with van der Waals surface area (Å²) >= 11 is 0. The van der Waals surface area contributed by atoms with Crippen molar-refractivity contribution in [3.8, 4) is 5.75 Å². The molecule has 1 N–H and O–H groups in total. The van der Waals surface area contributed by atoms with Gasteiger partial charge in [-0.3, -0.25) is 0 Å². The normalized spacial score (nSPS) is 12.0. The highest BCUT2D eigenvalue weighted by Gasteiger charge is 2.08. The van der Waals surface area contributed by atoms with Crippen molar-refractivity contribution < 1.29 is 4.74 Å². The molecule has 1 atom stereocenters. The summed E-state index contributed by atoms with van der Waals surface area (Å²) in [4.78, 5) is 0. The molecule has 0 aliphatic heterocycles. The fourth-order valence-electron chi connectivity index (χ4n) is 2.48. The van der Waals surface area contributed by atoms with Crippen LogP contribution in [-0.2, 0) is 0 Å². The van der Waals surface area contributed by atoms with Gasteiger partial charge in [0.25, 0.3) is 0 Å². The van der Waals surface area contributed by atoms with E-state index in [-0.39, 0.29) is 0 Å². The maximum absolute atomic E-state index is 5.73. The van der Waals surface area contributed by atoms with Crippen molar-refractivity contribution in [1.82, 2.24) is 5.32 Å². The number of hydrogen-bond acceptors (Lipinski definition) is 2. The second-order valence-electron chi connectivity index (χ2n) is 5.18. The minimum atomic E-state index is 0.452. The van der Waals surface area contributed by atoms with E-state index < -0.39 is 0 Å². The molecule has 2 aromatic rings. The molecule has 0 aliphatic rings. The van der Waals surface area contributed by atoms with Crippen LogP contribution in [0.2, 0.25) is 0 Å². The molecule has 0 saturated carbocycles. The highest BCUT2D eigenvalue weighted by Crippen LogP contribution is 2.19. The van der Waals surface area contributed by atoms with E-state index in [0.717, 1.165) is 31.7 Å². The molecule has 0 aromatic heterocycles. The van der Waals surface area contributed by atoms with Gasteiger partial charge in [-0.2, -0.15) is 0 Å². The molecule has 2 aromatic carbocycles. The number of ether oxygens (including phenoxy) is 1. The molecule has 0 radical (unpaired) electrons. The maximum Gasteiger partial charge on any atom is 0.119 e. The molecule has 2 nitrogen and oxygen atoms in total. The van der Waals surface area contributed by atoms with Crippen molar-refractivity contribution in [2.45, 2.75) is 32.2 Å². The van der Waals surface area contributed by atoms with E-state index in [1.165, 1.54) is 12.0 Å². The Morgan fingerprint density at radius 3 is 2.24 bits per heavy atom. The van der Waals surface area contributed by atoms with Gasteiger partial charge in [0, 0.05) is 6.04 Å². The van der Waals surface area contributed by atoms with E-state index in [4.69, 9.17) is 4.74 Å². The Bertz CT molecular complexity index is 483. The fourth-order valence-corrected chi connectivity index (χ4v) is 2.48. The molecule has 0 bridgehead atoms. The third-order valence-electron chi connectivity index (χ3n) is 3.55. The van der Waals surface area contributed by atoms with Crippen molar-refractivity contribution in [1.29, 1.82) is 0 Å². The van der Waals surface area contributed by atoms with Crippen LogP contribution in [-0.4, -0.2) is 13.2 Å². The zero-order valence-corrected chi connectivity index (χ0v) is 12.8. The van der Waals surface area contributed by atoms with Gasteiger partial charge in [0.2, 0.25) is 0 Å². The van der Waals surface area contributed by atoms with Crippen LogP contribution in [0, 0.1) is 0 Å². The van der Waals surface area contributed by atoms with Crippen LogP contribution >= 0.6 is 0 Å².